The zero-order chi connectivity index (χ0) is 28.2. The maximum atomic E-state index is 12.1. The van der Waals surface area contributed by atoms with E-state index in [0.29, 0.717) is 76.5 Å². The zero-order valence-electron chi connectivity index (χ0n) is 21.5. The summed E-state index contributed by atoms with van der Waals surface area (Å²) in [6, 6.07) is 11.1. The Balaban J connectivity index is 1.47. The molecule has 0 aliphatic carbocycles. The summed E-state index contributed by atoms with van der Waals surface area (Å²) in [5.74, 6) is 0.384. The number of aromatic nitrogens is 5. The van der Waals surface area contributed by atoms with E-state index < -0.39 is 18.1 Å². The molecule has 5 rings (SSSR count). The van der Waals surface area contributed by atoms with E-state index in [1.807, 2.05) is 6.07 Å². The van der Waals surface area contributed by atoms with Gasteiger partial charge in [0.1, 0.15) is 11.9 Å². The smallest absolute Gasteiger partial charge is 0.411 e. The molecule has 1 aliphatic heterocycles. The van der Waals surface area contributed by atoms with Crippen molar-refractivity contribution in [1.29, 1.82) is 0 Å². The highest BCUT2D eigenvalue weighted by molar-refractivity contribution is 6.30. The van der Waals surface area contributed by atoms with Crippen molar-refractivity contribution in [3.8, 4) is 16.9 Å². The molecule has 40 heavy (non-hydrogen) atoms. The number of carboxylic acids is 1. The van der Waals surface area contributed by atoms with Crippen LogP contribution >= 0.6 is 11.6 Å². The SMILES string of the molecule is COC(=O)Nc1ccc2c(c1)N[C@@H](C(=O)O)CCCC[C@H](Nc1nnn(-c3cccc(Cl)c3)c1N)c1ncc-2[nH]1. The monoisotopic (exact) mass is 565 g/mol. The summed E-state index contributed by atoms with van der Waals surface area (Å²) in [7, 11) is 1.27. The molecule has 1 aliphatic rings. The lowest BCUT2D eigenvalue weighted by atomic mass is 10.0. The first-order valence-electron chi connectivity index (χ1n) is 12.6. The third-order valence-corrected chi connectivity index (χ3v) is 6.83. The van der Waals surface area contributed by atoms with Crippen molar-refractivity contribution in [1.82, 2.24) is 25.0 Å². The molecule has 2 atom stereocenters. The van der Waals surface area contributed by atoms with Gasteiger partial charge in [0.05, 0.1) is 30.7 Å². The molecule has 13 nitrogen and oxygen atoms in total. The molecule has 3 heterocycles. The minimum atomic E-state index is -0.972. The van der Waals surface area contributed by atoms with Crippen molar-refractivity contribution in [2.75, 3.05) is 28.8 Å². The Morgan fingerprint density at radius 1 is 1.20 bits per heavy atom. The molecule has 0 radical (unpaired) electrons. The average molecular weight is 566 g/mol. The number of H-pyrrole nitrogens is 1. The number of nitrogens with two attached hydrogens (primary N) is 1. The van der Waals surface area contributed by atoms with Gasteiger partial charge in [-0.05, 0) is 49.2 Å². The number of fused-ring (bicyclic) bond motifs is 4. The van der Waals surface area contributed by atoms with Gasteiger partial charge in [0, 0.05) is 22.0 Å². The van der Waals surface area contributed by atoms with Crippen LogP contribution in [0.3, 0.4) is 0 Å². The summed E-state index contributed by atoms with van der Waals surface area (Å²) >= 11 is 6.13. The highest BCUT2D eigenvalue weighted by Gasteiger charge is 2.24. The molecular formula is C26H28ClN9O4. The van der Waals surface area contributed by atoms with E-state index in [0.717, 1.165) is 0 Å². The molecule has 14 heteroatoms. The fourth-order valence-electron chi connectivity index (χ4n) is 4.57. The van der Waals surface area contributed by atoms with Gasteiger partial charge in [-0.3, -0.25) is 5.32 Å². The van der Waals surface area contributed by atoms with Crippen LogP contribution < -0.4 is 21.7 Å². The van der Waals surface area contributed by atoms with E-state index >= 15 is 0 Å². The van der Waals surface area contributed by atoms with Gasteiger partial charge in [0.2, 0.25) is 0 Å². The maximum Gasteiger partial charge on any atom is 0.411 e. The predicted octanol–water partition coefficient (Wildman–Crippen LogP) is 4.66. The van der Waals surface area contributed by atoms with Crippen LogP contribution in [-0.4, -0.2) is 55.3 Å². The van der Waals surface area contributed by atoms with Crippen molar-refractivity contribution < 1.29 is 19.4 Å². The second-order valence-electron chi connectivity index (χ2n) is 9.29. The lowest BCUT2D eigenvalue weighted by molar-refractivity contribution is -0.138. The molecule has 2 aromatic heterocycles. The number of aromatic amines is 1. The number of amides is 1. The number of carbonyl (C=O) groups is 2. The van der Waals surface area contributed by atoms with Gasteiger partial charge in [-0.1, -0.05) is 35.7 Å². The van der Waals surface area contributed by atoms with Crippen molar-refractivity contribution in [2.24, 2.45) is 0 Å². The lowest BCUT2D eigenvalue weighted by Gasteiger charge is -2.21. The van der Waals surface area contributed by atoms with E-state index in [9.17, 15) is 14.7 Å². The molecule has 0 saturated heterocycles. The molecule has 0 fully saturated rings. The second-order valence-corrected chi connectivity index (χ2v) is 9.73. The topological polar surface area (TPSA) is 185 Å². The van der Waals surface area contributed by atoms with E-state index in [1.165, 1.54) is 11.8 Å². The summed E-state index contributed by atoms with van der Waals surface area (Å²) in [6.07, 6.45) is 3.42. The van der Waals surface area contributed by atoms with Gasteiger partial charge in [-0.15, -0.1) is 5.10 Å². The number of ether oxygens (including phenoxy) is 1. The predicted molar refractivity (Wildman–Crippen MR) is 151 cm³/mol. The third kappa shape index (κ3) is 5.78. The van der Waals surface area contributed by atoms with Crippen molar-refractivity contribution in [3.05, 3.63) is 59.5 Å². The quantitative estimate of drug-likeness (QED) is 0.199. The van der Waals surface area contributed by atoms with Crippen LogP contribution in [0.1, 0.15) is 37.5 Å². The number of anilines is 4. The van der Waals surface area contributed by atoms with Crippen LogP contribution in [0.15, 0.2) is 48.7 Å². The van der Waals surface area contributed by atoms with Gasteiger partial charge < -0.3 is 31.2 Å². The van der Waals surface area contributed by atoms with Crippen LogP contribution in [0.2, 0.25) is 5.02 Å². The van der Waals surface area contributed by atoms with Gasteiger partial charge in [0.15, 0.2) is 11.6 Å². The Bertz CT molecular complexity index is 1540. The van der Waals surface area contributed by atoms with E-state index in [4.69, 9.17) is 17.3 Å². The highest BCUT2D eigenvalue weighted by Crippen LogP contribution is 2.34. The number of rotatable bonds is 5. The standard InChI is InChI=1S/C26H28ClN9O4/c1-40-26(39)30-15-9-10-17-20(12-15)31-19(25(37)38)8-3-2-7-18(23-29-13-21(17)33-23)32-24-22(28)36(35-34-24)16-6-4-5-14(27)11-16/h4-6,9-13,18-19,31-32H,2-3,7-8,28H2,1H3,(H,29,33)(H,30,39)(H,37,38)/t18-,19+/m0/s1. The number of carboxylic acid groups (broad SMARTS) is 1. The fraction of sp³-hybridized carbons (Fsp3) is 0.269. The van der Waals surface area contributed by atoms with Crippen LogP contribution in [0.5, 0.6) is 0 Å². The molecule has 7 N–H and O–H groups in total. The maximum absolute atomic E-state index is 12.1. The molecule has 2 bridgehead atoms. The number of nitrogen functional groups attached to an aromatic ring is 1. The Morgan fingerprint density at radius 3 is 2.80 bits per heavy atom. The largest absolute Gasteiger partial charge is 0.480 e. The number of methoxy groups -OCH3 is 1. The third-order valence-electron chi connectivity index (χ3n) is 6.60. The molecule has 2 aromatic carbocycles. The molecular weight excluding hydrogens is 538 g/mol. The minimum Gasteiger partial charge on any atom is -0.480 e. The summed E-state index contributed by atoms with van der Waals surface area (Å²) < 4.78 is 6.18. The Kier molecular flexibility index (Phi) is 7.73. The molecule has 0 unspecified atom stereocenters. The van der Waals surface area contributed by atoms with Crippen LogP contribution in [0, 0.1) is 0 Å². The van der Waals surface area contributed by atoms with E-state index in [1.54, 1.807) is 42.6 Å². The summed E-state index contributed by atoms with van der Waals surface area (Å²) in [6.45, 7) is 0. The van der Waals surface area contributed by atoms with Gasteiger partial charge in [0.25, 0.3) is 0 Å². The van der Waals surface area contributed by atoms with Crippen molar-refractivity contribution in [3.63, 3.8) is 0 Å². The number of hydrogen-bond acceptors (Lipinski definition) is 9. The number of benzene rings is 2. The van der Waals surface area contributed by atoms with Crippen LogP contribution in [0.25, 0.3) is 16.9 Å². The highest BCUT2D eigenvalue weighted by atomic mass is 35.5. The molecule has 4 aromatic rings. The minimum absolute atomic E-state index is 0.306. The number of imidazole rings is 1. The van der Waals surface area contributed by atoms with Gasteiger partial charge in [-0.2, -0.15) is 4.68 Å². The lowest BCUT2D eigenvalue weighted by Crippen LogP contribution is -2.29. The zero-order valence-corrected chi connectivity index (χ0v) is 22.3. The molecule has 1 amide bonds. The summed E-state index contributed by atoms with van der Waals surface area (Å²) in [5, 5.41) is 28.0. The number of aliphatic carboxylic acids is 1. The number of nitrogens with one attached hydrogen (secondary N) is 4. The number of halogens is 1. The molecule has 0 saturated carbocycles. The Hall–Kier alpha value is -4.78. The van der Waals surface area contributed by atoms with Crippen molar-refractivity contribution >= 4 is 46.7 Å². The first-order chi connectivity index (χ1) is 19.3. The summed E-state index contributed by atoms with van der Waals surface area (Å²) in [4.78, 5) is 31.8. The number of nitrogens with zero attached hydrogens (tertiary/aromatic N) is 4. The number of hydrogen-bond donors (Lipinski definition) is 6. The van der Waals surface area contributed by atoms with Gasteiger partial charge in [-0.25, -0.2) is 14.6 Å². The van der Waals surface area contributed by atoms with E-state index in [-0.39, 0.29) is 6.04 Å². The van der Waals surface area contributed by atoms with Crippen LogP contribution in [-0.2, 0) is 9.53 Å². The first-order valence-corrected chi connectivity index (χ1v) is 13.0. The Morgan fingerprint density at radius 2 is 2.02 bits per heavy atom. The number of carbonyl (C=O) groups excluding carboxylic acids is 1. The van der Waals surface area contributed by atoms with Gasteiger partial charge >= 0.3 is 12.1 Å². The van der Waals surface area contributed by atoms with E-state index in [2.05, 4.69) is 41.0 Å². The summed E-state index contributed by atoms with van der Waals surface area (Å²) in [5.41, 5.74) is 9.39. The normalized spacial score (nSPS) is 16.9. The average Bonchev–Trinajstić information content (AvgIpc) is 3.56. The van der Waals surface area contributed by atoms with Crippen molar-refractivity contribution in [2.45, 2.75) is 37.8 Å². The van der Waals surface area contributed by atoms with Crippen LogP contribution in [0.4, 0.5) is 27.8 Å². The first kappa shape index (κ1) is 26.8. The molecule has 208 valence electrons. The fourth-order valence-corrected chi connectivity index (χ4v) is 4.76. The molecule has 0 spiro atoms. The second kappa shape index (κ2) is 11.5. The Labute approximate surface area is 234 Å².